The van der Waals surface area contributed by atoms with Crippen LogP contribution in [0.2, 0.25) is 0 Å². The first-order valence-corrected chi connectivity index (χ1v) is 5.00. The Balaban J connectivity index is 2.25. The van der Waals surface area contributed by atoms with Crippen LogP contribution in [-0.4, -0.2) is 50.8 Å². The third kappa shape index (κ3) is 1.15. The molecule has 2 unspecified atom stereocenters. The molecule has 2 heterocycles. The molecule has 2 bridgehead atoms. The van der Waals surface area contributed by atoms with Crippen LogP contribution in [0.25, 0.3) is 0 Å². The van der Waals surface area contributed by atoms with Crippen LogP contribution in [0.15, 0.2) is 0 Å². The van der Waals surface area contributed by atoms with Gasteiger partial charge in [0.2, 0.25) is 0 Å². The van der Waals surface area contributed by atoms with E-state index in [1.54, 1.807) is 14.2 Å². The van der Waals surface area contributed by atoms with E-state index in [9.17, 15) is 0 Å². The fourth-order valence-corrected chi connectivity index (χ4v) is 2.66. The van der Waals surface area contributed by atoms with Crippen molar-refractivity contribution in [3.05, 3.63) is 0 Å². The van der Waals surface area contributed by atoms with E-state index in [2.05, 4.69) is 0 Å². The van der Waals surface area contributed by atoms with Crippen LogP contribution in [0.5, 0.6) is 0 Å². The van der Waals surface area contributed by atoms with Crippen LogP contribution in [-0.2, 0) is 18.9 Å². The molecule has 2 aliphatic rings. The first-order valence-electron chi connectivity index (χ1n) is 5.00. The van der Waals surface area contributed by atoms with Crippen molar-refractivity contribution < 1.29 is 18.9 Å². The summed E-state index contributed by atoms with van der Waals surface area (Å²) in [5, 5.41) is 0. The molecule has 0 amide bonds. The second kappa shape index (κ2) is 3.45. The maximum absolute atomic E-state index is 5.93. The van der Waals surface area contributed by atoms with Gasteiger partial charge in [-0.3, -0.25) is 0 Å². The van der Waals surface area contributed by atoms with Gasteiger partial charge in [0.05, 0.1) is 18.8 Å². The zero-order valence-electron chi connectivity index (χ0n) is 9.15. The van der Waals surface area contributed by atoms with Gasteiger partial charge in [-0.05, 0) is 13.8 Å². The zero-order valence-corrected chi connectivity index (χ0v) is 9.15. The molecule has 2 saturated heterocycles. The zero-order chi connectivity index (χ0) is 10.3. The predicted molar refractivity (Wildman–Crippen MR) is 50.3 cm³/mol. The van der Waals surface area contributed by atoms with E-state index in [1.165, 1.54) is 0 Å². The van der Waals surface area contributed by atoms with Crippen LogP contribution < -0.4 is 0 Å². The smallest absolute Gasteiger partial charge is 0.146 e. The summed E-state index contributed by atoms with van der Waals surface area (Å²) in [6.07, 6.45) is 0.164. The van der Waals surface area contributed by atoms with Gasteiger partial charge in [-0.25, -0.2) is 0 Å². The molecular formula is C10H18O4. The van der Waals surface area contributed by atoms with E-state index in [0.29, 0.717) is 6.61 Å². The van der Waals surface area contributed by atoms with Gasteiger partial charge in [-0.15, -0.1) is 0 Å². The van der Waals surface area contributed by atoms with Crippen molar-refractivity contribution in [2.24, 2.45) is 0 Å². The number of fused-ring (bicyclic) bond motifs is 2. The molecule has 14 heavy (non-hydrogen) atoms. The molecule has 4 heteroatoms. The minimum absolute atomic E-state index is 0.00699. The minimum atomic E-state index is -0.409. The second-order valence-corrected chi connectivity index (χ2v) is 4.11. The van der Waals surface area contributed by atoms with E-state index in [0.717, 1.165) is 0 Å². The lowest BCUT2D eigenvalue weighted by atomic mass is 9.94. The third-order valence-corrected chi connectivity index (χ3v) is 3.32. The van der Waals surface area contributed by atoms with Crippen LogP contribution in [0.3, 0.4) is 0 Å². The highest BCUT2D eigenvalue weighted by atomic mass is 16.7. The Hall–Kier alpha value is -0.160. The Morgan fingerprint density at radius 3 is 2.57 bits per heavy atom. The molecule has 0 aromatic heterocycles. The molecule has 0 saturated carbocycles. The Kier molecular flexibility index (Phi) is 2.55. The Bertz CT molecular complexity index is 220. The first kappa shape index (κ1) is 10.4. The second-order valence-electron chi connectivity index (χ2n) is 4.11. The molecular weight excluding hydrogens is 184 g/mol. The number of ether oxygens (including phenoxy) is 4. The predicted octanol–water partition coefficient (Wildman–Crippen LogP) is 0.593. The molecule has 82 valence electrons. The summed E-state index contributed by atoms with van der Waals surface area (Å²) >= 11 is 0. The Morgan fingerprint density at radius 1 is 1.29 bits per heavy atom. The number of methoxy groups -OCH3 is 2. The van der Waals surface area contributed by atoms with Crippen molar-refractivity contribution in [3.63, 3.8) is 0 Å². The van der Waals surface area contributed by atoms with E-state index < -0.39 is 5.60 Å². The first-order chi connectivity index (χ1) is 6.65. The highest BCUT2D eigenvalue weighted by Crippen LogP contribution is 2.45. The molecule has 0 aromatic carbocycles. The maximum Gasteiger partial charge on any atom is 0.146 e. The summed E-state index contributed by atoms with van der Waals surface area (Å²) in [4.78, 5) is 0. The number of hydrogen-bond donors (Lipinski definition) is 0. The summed E-state index contributed by atoms with van der Waals surface area (Å²) in [7, 11) is 3.37. The van der Waals surface area contributed by atoms with Crippen molar-refractivity contribution in [2.45, 2.75) is 43.9 Å². The standard InChI is InChI=1S/C10H18O4/c1-6-8-9(12-4)10(14-6,5-11-3)7(2)13-8/h6-9H,5H2,1-4H3/t6-,7?,8-,9?,10-/m0/s1. The van der Waals surface area contributed by atoms with Gasteiger partial charge < -0.3 is 18.9 Å². The topological polar surface area (TPSA) is 36.9 Å². The van der Waals surface area contributed by atoms with Crippen LogP contribution in [0.1, 0.15) is 13.8 Å². The monoisotopic (exact) mass is 202 g/mol. The summed E-state index contributed by atoms with van der Waals surface area (Å²) in [5.74, 6) is 0. The number of hydrogen-bond acceptors (Lipinski definition) is 4. The molecule has 2 fully saturated rings. The van der Waals surface area contributed by atoms with Gasteiger partial charge in [0.1, 0.15) is 17.8 Å². The molecule has 5 atom stereocenters. The average molecular weight is 202 g/mol. The van der Waals surface area contributed by atoms with Gasteiger partial charge in [-0.2, -0.15) is 0 Å². The van der Waals surface area contributed by atoms with Gasteiger partial charge in [-0.1, -0.05) is 0 Å². The summed E-state index contributed by atoms with van der Waals surface area (Å²) in [6.45, 7) is 4.55. The normalized spacial score (nSPS) is 51.4. The number of rotatable bonds is 3. The van der Waals surface area contributed by atoms with Gasteiger partial charge in [0.15, 0.2) is 0 Å². The largest absolute Gasteiger partial charge is 0.381 e. The quantitative estimate of drug-likeness (QED) is 0.671. The average Bonchev–Trinajstić information content (AvgIpc) is 2.54. The van der Waals surface area contributed by atoms with Crippen molar-refractivity contribution in [3.8, 4) is 0 Å². The fraction of sp³-hybridized carbons (Fsp3) is 1.00. The van der Waals surface area contributed by atoms with Crippen LogP contribution in [0.4, 0.5) is 0 Å². The summed E-state index contributed by atoms with van der Waals surface area (Å²) in [5.41, 5.74) is -0.409. The minimum Gasteiger partial charge on any atom is -0.381 e. The van der Waals surface area contributed by atoms with E-state index in [4.69, 9.17) is 18.9 Å². The highest BCUT2D eigenvalue weighted by Gasteiger charge is 2.64. The van der Waals surface area contributed by atoms with E-state index in [1.807, 2.05) is 13.8 Å². The van der Waals surface area contributed by atoms with Crippen molar-refractivity contribution in [1.82, 2.24) is 0 Å². The Labute approximate surface area is 84.5 Å². The SMILES string of the molecule is COC[C@]12O[C@@H](C)[C@H](OC1C)C2OC. The highest BCUT2D eigenvalue weighted by molar-refractivity contribution is 5.11. The molecule has 0 N–H and O–H groups in total. The van der Waals surface area contributed by atoms with E-state index in [-0.39, 0.29) is 24.4 Å². The maximum atomic E-state index is 5.93. The third-order valence-electron chi connectivity index (χ3n) is 3.32. The summed E-state index contributed by atoms with van der Waals surface area (Å²) < 4.78 is 22.4. The molecule has 2 rings (SSSR count). The Morgan fingerprint density at radius 2 is 2.00 bits per heavy atom. The lowest BCUT2D eigenvalue weighted by Gasteiger charge is -2.34. The van der Waals surface area contributed by atoms with Crippen LogP contribution in [0, 0.1) is 0 Å². The van der Waals surface area contributed by atoms with Crippen LogP contribution >= 0.6 is 0 Å². The van der Waals surface area contributed by atoms with Crippen molar-refractivity contribution in [2.75, 3.05) is 20.8 Å². The van der Waals surface area contributed by atoms with E-state index >= 15 is 0 Å². The molecule has 4 nitrogen and oxygen atoms in total. The molecule has 0 aliphatic carbocycles. The molecule has 0 spiro atoms. The lowest BCUT2D eigenvalue weighted by Crippen LogP contribution is -2.50. The molecule has 0 radical (unpaired) electrons. The van der Waals surface area contributed by atoms with Crippen molar-refractivity contribution >= 4 is 0 Å². The fourth-order valence-electron chi connectivity index (χ4n) is 2.66. The molecule has 2 aliphatic heterocycles. The summed E-state index contributed by atoms with van der Waals surface area (Å²) in [6, 6.07) is 0. The van der Waals surface area contributed by atoms with Gasteiger partial charge >= 0.3 is 0 Å². The van der Waals surface area contributed by atoms with Gasteiger partial charge in [0.25, 0.3) is 0 Å². The lowest BCUT2D eigenvalue weighted by molar-refractivity contribution is -0.194. The van der Waals surface area contributed by atoms with Gasteiger partial charge in [0, 0.05) is 14.2 Å². The van der Waals surface area contributed by atoms with Crippen molar-refractivity contribution in [1.29, 1.82) is 0 Å². The molecule has 0 aromatic rings.